The van der Waals surface area contributed by atoms with E-state index in [1.54, 1.807) is 6.07 Å². The molecular formula is C14H17ClN2S. The van der Waals surface area contributed by atoms with Crippen LogP contribution in [0.25, 0.3) is 0 Å². The van der Waals surface area contributed by atoms with Crippen LogP contribution in [-0.4, -0.2) is 17.5 Å². The fraction of sp³-hybridized carbons (Fsp3) is 0.500. The summed E-state index contributed by atoms with van der Waals surface area (Å²) in [7, 11) is 0. The van der Waals surface area contributed by atoms with Gasteiger partial charge in [-0.25, -0.2) is 0 Å². The third-order valence-electron chi connectivity index (χ3n) is 3.14. The molecular weight excluding hydrogens is 264 g/mol. The quantitative estimate of drug-likeness (QED) is 0.916. The fourth-order valence-electron chi connectivity index (χ4n) is 2.10. The molecule has 1 N–H and O–H groups in total. The number of rotatable bonds is 4. The second-order valence-corrected chi connectivity index (χ2v) is 6.35. The Labute approximate surface area is 118 Å². The van der Waals surface area contributed by atoms with Gasteiger partial charge in [0.2, 0.25) is 0 Å². The van der Waals surface area contributed by atoms with Crippen LogP contribution in [0.4, 0.5) is 0 Å². The number of hydrogen-bond acceptors (Lipinski definition) is 3. The molecule has 0 radical (unpaired) electrons. The Bertz CT molecular complexity index is 436. The number of nitriles is 1. The van der Waals surface area contributed by atoms with Gasteiger partial charge in [-0.1, -0.05) is 24.1 Å². The second kappa shape index (κ2) is 7.04. The van der Waals surface area contributed by atoms with Crippen molar-refractivity contribution in [3.63, 3.8) is 0 Å². The van der Waals surface area contributed by atoms with E-state index >= 15 is 0 Å². The van der Waals surface area contributed by atoms with Crippen molar-refractivity contribution in [3.8, 4) is 6.07 Å². The Balaban J connectivity index is 1.81. The molecule has 0 saturated carbocycles. The molecule has 0 bridgehead atoms. The van der Waals surface area contributed by atoms with Crippen molar-refractivity contribution >= 4 is 23.4 Å². The molecule has 1 heterocycles. The van der Waals surface area contributed by atoms with Gasteiger partial charge in [-0.05, 0) is 36.3 Å². The van der Waals surface area contributed by atoms with Crippen LogP contribution in [0.5, 0.6) is 0 Å². The van der Waals surface area contributed by atoms with Crippen molar-refractivity contribution in [2.45, 2.75) is 31.1 Å². The standard InChI is InChI=1S/C14H17ClN2S/c15-14-7-11(8-16)4-5-12(14)9-17-10-13-3-1-2-6-18-13/h4-5,7,13,17H,1-3,6,9-10H2. The molecule has 0 spiro atoms. The molecule has 1 aromatic rings. The summed E-state index contributed by atoms with van der Waals surface area (Å²) >= 11 is 8.20. The normalized spacial score (nSPS) is 19.4. The van der Waals surface area contributed by atoms with Gasteiger partial charge >= 0.3 is 0 Å². The molecule has 1 aliphatic heterocycles. The monoisotopic (exact) mass is 280 g/mol. The van der Waals surface area contributed by atoms with E-state index in [-0.39, 0.29) is 0 Å². The van der Waals surface area contributed by atoms with Gasteiger partial charge in [-0.2, -0.15) is 17.0 Å². The molecule has 0 aliphatic carbocycles. The fourth-order valence-corrected chi connectivity index (χ4v) is 3.62. The van der Waals surface area contributed by atoms with E-state index in [2.05, 4.69) is 23.1 Å². The highest BCUT2D eigenvalue weighted by atomic mass is 35.5. The van der Waals surface area contributed by atoms with E-state index in [4.69, 9.17) is 16.9 Å². The van der Waals surface area contributed by atoms with Gasteiger partial charge in [0.05, 0.1) is 11.6 Å². The smallest absolute Gasteiger partial charge is 0.0992 e. The molecule has 0 aromatic heterocycles. The number of thioether (sulfide) groups is 1. The molecule has 1 atom stereocenters. The zero-order valence-corrected chi connectivity index (χ0v) is 11.9. The molecule has 1 unspecified atom stereocenters. The van der Waals surface area contributed by atoms with E-state index in [1.807, 2.05) is 12.1 Å². The van der Waals surface area contributed by atoms with Gasteiger partial charge in [0.1, 0.15) is 0 Å². The van der Waals surface area contributed by atoms with Crippen LogP contribution in [0.15, 0.2) is 18.2 Å². The SMILES string of the molecule is N#Cc1ccc(CNCC2CCCCS2)c(Cl)c1. The maximum atomic E-state index is 8.77. The highest BCUT2D eigenvalue weighted by Crippen LogP contribution is 2.24. The first kappa shape index (κ1) is 13.7. The van der Waals surface area contributed by atoms with Crippen LogP contribution in [0.3, 0.4) is 0 Å². The summed E-state index contributed by atoms with van der Waals surface area (Å²) in [5.74, 6) is 1.30. The summed E-state index contributed by atoms with van der Waals surface area (Å²) in [6.07, 6.45) is 4.04. The van der Waals surface area contributed by atoms with Gasteiger partial charge in [-0.15, -0.1) is 0 Å². The minimum Gasteiger partial charge on any atom is -0.312 e. The highest BCUT2D eigenvalue weighted by Gasteiger charge is 2.13. The third-order valence-corrected chi connectivity index (χ3v) is 4.89. The van der Waals surface area contributed by atoms with Crippen molar-refractivity contribution in [2.24, 2.45) is 0 Å². The zero-order chi connectivity index (χ0) is 12.8. The number of halogens is 1. The van der Waals surface area contributed by atoms with Crippen molar-refractivity contribution in [1.82, 2.24) is 5.32 Å². The van der Waals surface area contributed by atoms with Crippen LogP contribution in [-0.2, 0) is 6.54 Å². The van der Waals surface area contributed by atoms with E-state index in [1.165, 1.54) is 25.0 Å². The van der Waals surface area contributed by atoms with Gasteiger partial charge in [0.25, 0.3) is 0 Å². The lowest BCUT2D eigenvalue weighted by atomic mass is 10.1. The predicted octanol–water partition coefficient (Wildman–Crippen LogP) is 3.59. The lowest BCUT2D eigenvalue weighted by Crippen LogP contribution is -2.26. The molecule has 1 aliphatic rings. The number of hydrogen-bond donors (Lipinski definition) is 1. The first-order valence-corrected chi connectivity index (χ1v) is 7.73. The van der Waals surface area contributed by atoms with E-state index < -0.39 is 0 Å². The zero-order valence-electron chi connectivity index (χ0n) is 10.3. The Morgan fingerprint density at radius 3 is 3.00 bits per heavy atom. The maximum Gasteiger partial charge on any atom is 0.0992 e. The van der Waals surface area contributed by atoms with Crippen molar-refractivity contribution in [3.05, 3.63) is 34.3 Å². The third kappa shape index (κ3) is 3.91. The number of nitrogens with zero attached hydrogens (tertiary/aromatic N) is 1. The second-order valence-electron chi connectivity index (χ2n) is 4.54. The van der Waals surface area contributed by atoms with Crippen molar-refractivity contribution in [1.29, 1.82) is 5.26 Å². The van der Waals surface area contributed by atoms with Gasteiger partial charge in [-0.3, -0.25) is 0 Å². The Kier molecular flexibility index (Phi) is 5.37. The Morgan fingerprint density at radius 1 is 1.44 bits per heavy atom. The first-order chi connectivity index (χ1) is 8.79. The Hall–Kier alpha value is -0.690. The largest absolute Gasteiger partial charge is 0.312 e. The lowest BCUT2D eigenvalue weighted by Gasteiger charge is -2.21. The summed E-state index contributed by atoms with van der Waals surface area (Å²) < 4.78 is 0. The Morgan fingerprint density at radius 2 is 2.33 bits per heavy atom. The van der Waals surface area contributed by atoms with E-state index in [0.29, 0.717) is 10.6 Å². The van der Waals surface area contributed by atoms with Crippen LogP contribution < -0.4 is 5.32 Å². The molecule has 1 fully saturated rings. The molecule has 1 aromatic carbocycles. The molecule has 18 heavy (non-hydrogen) atoms. The van der Waals surface area contributed by atoms with Crippen LogP contribution in [0, 0.1) is 11.3 Å². The summed E-state index contributed by atoms with van der Waals surface area (Å²) in [4.78, 5) is 0. The van der Waals surface area contributed by atoms with Crippen LogP contribution in [0.1, 0.15) is 30.4 Å². The molecule has 2 nitrogen and oxygen atoms in total. The lowest BCUT2D eigenvalue weighted by molar-refractivity contribution is 0.598. The van der Waals surface area contributed by atoms with Crippen LogP contribution in [0.2, 0.25) is 5.02 Å². The summed E-state index contributed by atoms with van der Waals surface area (Å²) in [6, 6.07) is 7.57. The maximum absolute atomic E-state index is 8.77. The van der Waals surface area contributed by atoms with Crippen LogP contribution >= 0.6 is 23.4 Å². The van der Waals surface area contributed by atoms with Crippen molar-refractivity contribution < 1.29 is 0 Å². The summed E-state index contributed by atoms with van der Waals surface area (Å²) in [5, 5.41) is 13.7. The summed E-state index contributed by atoms with van der Waals surface area (Å²) in [6.45, 7) is 1.82. The average Bonchev–Trinajstić information content (AvgIpc) is 2.42. The average molecular weight is 281 g/mol. The number of nitrogens with one attached hydrogen (secondary N) is 1. The minimum atomic E-state index is 0.617. The first-order valence-electron chi connectivity index (χ1n) is 6.30. The van der Waals surface area contributed by atoms with Gasteiger partial charge in [0, 0.05) is 23.4 Å². The van der Waals surface area contributed by atoms with Gasteiger partial charge in [0.15, 0.2) is 0 Å². The predicted molar refractivity (Wildman–Crippen MR) is 78.0 cm³/mol. The molecule has 96 valence electrons. The molecule has 1 saturated heterocycles. The van der Waals surface area contributed by atoms with Crippen molar-refractivity contribution in [2.75, 3.05) is 12.3 Å². The number of benzene rings is 1. The van der Waals surface area contributed by atoms with Gasteiger partial charge < -0.3 is 5.32 Å². The highest BCUT2D eigenvalue weighted by molar-refractivity contribution is 7.99. The van der Waals surface area contributed by atoms with E-state index in [9.17, 15) is 0 Å². The molecule has 4 heteroatoms. The molecule has 2 rings (SSSR count). The molecule has 0 amide bonds. The summed E-state index contributed by atoms with van der Waals surface area (Å²) in [5.41, 5.74) is 1.68. The minimum absolute atomic E-state index is 0.617. The topological polar surface area (TPSA) is 35.8 Å². The van der Waals surface area contributed by atoms with E-state index in [0.717, 1.165) is 23.9 Å².